The number of nitrogens with zero attached hydrogens (tertiary/aromatic N) is 1. The maximum Gasteiger partial charge on any atom is 0.151 e. The summed E-state index contributed by atoms with van der Waals surface area (Å²) >= 11 is 0. The van der Waals surface area contributed by atoms with Gasteiger partial charge in [-0.15, -0.1) is 12.4 Å². The van der Waals surface area contributed by atoms with Crippen LogP contribution in [-0.2, 0) is 9.84 Å². The fourth-order valence-corrected chi connectivity index (χ4v) is 4.21. The topological polar surface area (TPSA) is 49.4 Å². The lowest BCUT2D eigenvalue weighted by Gasteiger charge is -2.30. The van der Waals surface area contributed by atoms with Crippen LogP contribution in [0.5, 0.6) is 0 Å². The summed E-state index contributed by atoms with van der Waals surface area (Å²) in [6.45, 7) is 5.12. The molecule has 114 valence electrons. The van der Waals surface area contributed by atoms with Crippen LogP contribution in [0, 0.1) is 5.92 Å². The average molecular weight is 311 g/mol. The Morgan fingerprint density at radius 3 is 2.63 bits per heavy atom. The van der Waals surface area contributed by atoms with Crippen LogP contribution >= 0.6 is 12.4 Å². The zero-order chi connectivity index (χ0) is 13.0. The summed E-state index contributed by atoms with van der Waals surface area (Å²) in [6.07, 6.45) is 6.98. The summed E-state index contributed by atoms with van der Waals surface area (Å²) in [4.78, 5) is 2.39. The third-order valence-electron chi connectivity index (χ3n) is 4.23. The number of rotatable bonds is 3. The Bertz CT molecular complexity index is 356. The monoisotopic (exact) mass is 310 g/mol. The van der Waals surface area contributed by atoms with Crippen molar-refractivity contribution in [2.75, 3.05) is 39.0 Å². The van der Waals surface area contributed by atoms with Crippen molar-refractivity contribution in [2.45, 2.75) is 37.4 Å². The van der Waals surface area contributed by atoms with E-state index >= 15 is 0 Å². The summed E-state index contributed by atoms with van der Waals surface area (Å²) in [5.74, 6) is 0.706. The normalized spacial score (nSPS) is 30.4. The van der Waals surface area contributed by atoms with Crippen molar-refractivity contribution in [1.29, 1.82) is 0 Å². The van der Waals surface area contributed by atoms with Gasteiger partial charge in [0.2, 0.25) is 0 Å². The first-order valence-corrected chi connectivity index (χ1v) is 9.13. The first-order chi connectivity index (χ1) is 8.55. The molecule has 2 unspecified atom stereocenters. The SMILES string of the molecule is CS(=O)(=O)C1CCCCN(CC2CCCNC2)C1.Cl. The van der Waals surface area contributed by atoms with E-state index in [1.165, 1.54) is 19.1 Å². The highest BCUT2D eigenvalue weighted by atomic mass is 35.5. The average Bonchev–Trinajstić information content (AvgIpc) is 2.55. The van der Waals surface area contributed by atoms with Gasteiger partial charge in [-0.3, -0.25) is 0 Å². The molecule has 2 aliphatic heterocycles. The Kier molecular flexibility index (Phi) is 7.08. The van der Waals surface area contributed by atoms with Crippen LogP contribution in [-0.4, -0.2) is 57.5 Å². The molecule has 1 N–H and O–H groups in total. The van der Waals surface area contributed by atoms with Gasteiger partial charge in [0.15, 0.2) is 9.84 Å². The Balaban J connectivity index is 0.00000180. The molecule has 0 aliphatic carbocycles. The maximum absolute atomic E-state index is 11.7. The lowest BCUT2D eigenvalue weighted by atomic mass is 9.99. The second-order valence-corrected chi connectivity index (χ2v) is 8.24. The molecule has 6 heteroatoms. The molecule has 0 saturated carbocycles. The third kappa shape index (κ3) is 5.58. The van der Waals surface area contributed by atoms with Gasteiger partial charge in [0, 0.05) is 19.3 Å². The predicted octanol–water partition coefficient (Wildman–Crippen LogP) is 1.31. The molecule has 0 spiro atoms. The van der Waals surface area contributed by atoms with E-state index in [4.69, 9.17) is 0 Å². The molecule has 2 fully saturated rings. The Morgan fingerprint density at radius 1 is 1.21 bits per heavy atom. The van der Waals surface area contributed by atoms with E-state index in [-0.39, 0.29) is 17.7 Å². The second-order valence-electron chi connectivity index (χ2n) is 5.92. The van der Waals surface area contributed by atoms with Gasteiger partial charge in [0.05, 0.1) is 5.25 Å². The van der Waals surface area contributed by atoms with Gasteiger partial charge in [0.25, 0.3) is 0 Å². The Morgan fingerprint density at radius 2 is 2.00 bits per heavy atom. The fraction of sp³-hybridized carbons (Fsp3) is 1.00. The number of likely N-dealkylation sites (tertiary alicyclic amines) is 1. The lowest BCUT2D eigenvalue weighted by molar-refractivity contribution is 0.215. The maximum atomic E-state index is 11.7. The molecule has 0 amide bonds. The first kappa shape index (κ1) is 17.2. The zero-order valence-corrected chi connectivity index (χ0v) is 13.4. The largest absolute Gasteiger partial charge is 0.316 e. The highest BCUT2D eigenvalue weighted by molar-refractivity contribution is 7.91. The van der Waals surface area contributed by atoms with Crippen molar-refractivity contribution < 1.29 is 8.42 Å². The zero-order valence-electron chi connectivity index (χ0n) is 11.8. The van der Waals surface area contributed by atoms with E-state index in [0.717, 1.165) is 52.0 Å². The minimum Gasteiger partial charge on any atom is -0.316 e. The summed E-state index contributed by atoms with van der Waals surface area (Å²) in [5.41, 5.74) is 0. The number of piperidine rings is 1. The van der Waals surface area contributed by atoms with E-state index in [1.807, 2.05) is 0 Å². The van der Waals surface area contributed by atoms with Gasteiger partial charge in [-0.1, -0.05) is 6.42 Å². The number of nitrogens with one attached hydrogen (secondary N) is 1. The molecule has 2 saturated heterocycles. The number of hydrogen-bond acceptors (Lipinski definition) is 4. The summed E-state index contributed by atoms with van der Waals surface area (Å²) in [7, 11) is -2.88. The molecule has 2 rings (SSSR count). The van der Waals surface area contributed by atoms with Gasteiger partial charge in [0.1, 0.15) is 0 Å². The summed E-state index contributed by atoms with van der Waals surface area (Å²) in [5, 5.41) is 3.29. The fourth-order valence-electron chi connectivity index (χ4n) is 3.14. The quantitative estimate of drug-likeness (QED) is 0.854. The molecular weight excluding hydrogens is 284 g/mol. The minimum atomic E-state index is -2.88. The molecule has 0 aromatic rings. The molecule has 4 nitrogen and oxygen atoms in total. The van der Waals surface area contributed by atoms with Crippen LogP contribution in [0.25, 0.3) is 0 Å². The molecule has 0 aromatic heterocycles. The lowest BCUT2D eigenvalue weighted by Crippen LogP contribution is -2.42. The van der Waals surface area contributed by atoms with Crippen LogP contribution in [0.1, 0.15) is 32.1 Å². The van der Waals surface area contributed by atoms with Crippen molar-refractivity contribution in [3.63, 3.8) is 0 Å². The van der Waals surface area contributed by atoms with Gasteiger partial charge < -0.3 is 10.2 Å². The Hall–Kier alpha value is 0.160. The minimum absolute atomic E-state index is 0. The highest BCUT2D eigenvalue weighted by Crippen LogP contribution is 2.19. The van der Waals surface area contributed by atoms with Gasteiger partial charge in [-0.2, -0.15) is 0 Å². The van der Waals surface area contributed by atoms with Crippen LogP contribution < -0.4 is 5.32 Å². The smallest absolute Gasteiger partial charge is 0.151 e. The summed E-state index contributed by atoms with van der Waals surface area (Å²) in [6, 6.07) is 0. The van der Waals surface area contributed by atoms with E-state index in [1.54, 1.807) is 0 Å². The van der Waals surface area contributed by atoms with Crippen molar-refractivity contribution in [2.24, 2.45) is 5.92 Å². The van der Waals surface area contributed by atoms with Crippen LogP contribution in [0.15, 0.2) is 0 Å². The van der Waals surface area contributed by atoms with E-state index in [0.29, 0.717) is 5.92 Å². The first-order valence-electron chi connectivity index (χ1n) is 7.17. The molecule has 2 heterocycles. The number of hydrogen-bond donors (Lipinski definition) is 1. The predicted molar refractivity (Wildman–Crippen MR) is 81.8 cm³/mol. The van der Waals surface area contributed by atoms with E-state index in [2.05, 4.69) is 10.2 Å². The molecule has 19 heavy (non-hydrogen) atoms. The standard InChI is InChI=1S/C13H26N2O2S.ClH/c1-18(16,17)13-6-2-3-8-15(11-13)10-12-5-4-7-14-9-12;/h12-14H,2-11H2,1H3;1H. The Labute approximate surface area is 123 Å². The van der Waals surface area contributed by atoms with Gasteiger partial charge in [-0.05, 0) is 51.2 Å². The van der Waals surface area contributed by atoms with Crippen molar-refractivity contribution in [1.82, 2.24) is 10.2 Å². The van der Waals surface area contributed by atoms with Crippen molar-refractivity contribution in [3.8, 4) is 0 Å². The van der Waals surface area contributed by atoms with Gasteiger partial charge >= 0.3 is 0 Å². The van der Waals surface area contributed by atoms with Crippen LogP contribution in [0.2, 0.25) is 0 Å². The highest BCUT2D eigenvalue weighted by Gasteiger charge is 2.27. The second kappa shape index (κ2) is 7.81. The molecular formula is C13H27ClN2O2S. The number of sulfone groups is 1. The molecule has 0 bridgehead atoms. The van der Waals surface area contributed by atoms with Crippen LogP contribution in [0.3, 0.4) is 0 Å². The molecule has 2 atom stereocenters. The van der Waals surface area contributed by atoms with Crippen LogP contribution in [0.4, 0.5) is 0 Å². The summed E-state index contributed by atoms with van der Waals surface area (Å²) < 4.78 is 23.5. The molecule has 0 radical (unpaired) electrons. The number of halogens is 1. The molecule has 0 aromatic carbocycles. The van der Waals surface area contributed by atoms with Gasteiger partial charge in [-0.25, -0.2) is 8.42 Å². The third-order valence-corrected chi connectivity index (χ3v) is 5.83. The van der Waals surface area contributed by atoms with E-state index < -0.39 is 9.84 Å². The van der Waals surface area contributed by atoms with E-state index in [9.17, 15) is 8.42 Å². The molecule has 2 aliphatic rings. The van der Waals surface area contributed by atoms with Crippen molar-refractivity contribution >= 4 is 22.2 Å². The van der Waals surface area contributed by atoms with Crippen molar-refractivity contribution in [3.05, 3.63) is 0 Å².